The molecule has 0 aromatic heterocycles. The molecule has 0 aliphatic heterocycles. The minimum Gasteiger partial charge on any atom is -0.368 e. The third kappa shape index (κ3) is 3.19. The van der Waals surface area contributed by atoms with Gasteiger partial charge in [0, 0.05) is 0 Å². The van der Waals surface area contributed by atoms with Gasteiger partial charge in [-0.1, -0.05) is 31.9 Å². The van der Waals surface area contributed by atoms with E-state index < -0.39 is 11.2 Å². The van der Waals surface area contributed by atoms with Crippen molar-refractivity contribution in [3.8, 4) is 0 Å². The number of nitrogens with one attached hydrogen (secondary N) is 1. The average molecular weight is 217 g/mol. The lowest BCUT2D eigenvalue weighted by Crippen LogP contribution is -2.41. The first-order valence-corrected chi connectivity index (χ1v) is 5.10. The van der Waals surface area contributed by atoms with Crippen molar-refractivity contribution in [2.45, 2.75) is 38.2 Å². The van der Waals surface area contributed by atoms with Crippen LogP contribution in [0.3, 0.4) is 0 Å². The Bertz CT molecular complexity index is 215. The second-order valence-electron chi connectivity index (χ2n) is 3.33. The van der Waals surface area contributed by atoms with Crippen LogP contribution in [0.25, 0.3) is 0 Å². The molecule has 1 aliphatic carbocycles. The van der Waals surface area contributed by atoms with Gasteiger partial charge in [-0.2, -0.15) is 0 Å². The van der Waals surface area contributed by atoms with Crippen LogP contribution < -0.4 is 5.73 Å². The first-order chi connectivity index (χ1) is 6.61. The Morgan fingerprint density at radius 2 is 2.00 bits per heavy atom. The van der Waals surface area contributed by atoms with E-state index in [1.807, 2.05) is 0 Å². The first-order valence-electron chi connectivity index (χ1n) is 4.65. The second kappa shape index (κ2) is 5.21. The molecule has 1 amide bonds. The van der Waals surface area contributed by atoms with Crippen molar-refractivity contribution in [2.75, 3.05) is 0 Å². The SMILES string of the molecule is N=C(N)N(OC1CCCCC1)C(=O)S. The molecule has 1 aliphatic rings. The van der Waals surface area contributed by atoms with Gasteiger partial charge < -0.3 is 5.73 Å². The molecule has 1 rings (SSSR count). The molecule has 1 fully saturated rings. The molecule has 5 nitrogen and oxygen atoms in total. The number of thiol groups is 1. The van der Waals surface area contributed by atoms with E-state index in [1.165, 1.54) is 6.42 Å². The Labute approximate surface area is 88.5 Å². The number of carbonyl (C=O) groups is 1. The van der Waals surface area contributed by atoms with Gasteiger partial charge in [0.1, 0.15) is 0 Å². The van der Waals surface area contributed by atoms with Crippen molar-refractivity contribution in [1.29, 1.82) is 5.41 Å². The molecule has 0 spiro atoms. The predicted octanol–water partition coefficient (Wildman–Crippen LogP) is 1.50. The zero-order valence-electron chi connectivity index (χ0n) is 7.90. The van der Waals surface area contributed by atoms with Crippen LogP contribution in [0.15, 0.2) is 0 Å². The van der Waals surface area contributed by atoms with E-state index in [0.717, 1.165) is 30.7 Å². The van der Waals surface area contributed by atoms with Crippen LogP contribution in [0.4, 0.5) is 4.79 Å². The Hall–Kier alpha value is -0.750. The number of guanidine groups is 1. The van der Waals surface area contributed by atoms with Gasteiger partial charge in [0.05, 0.1) is 6.10 Å². The molecule has 0 atom stereocenters. The van der Waals surface area contributed by atoms with Crippen molar-refractivity contribution in [2.24, 2.45) is 5.73 Å². The Kier molecular flexibility index (Phi) is 4.21. The molecule has 0 radical (unpaired) electrons. The highest BCUT2D eigenvalue weighted by Gasteiger charge is 2.21. The predicted molar refractivity (Wildman–Crippen MR) is 56.1 cm³/mol. The van der Waals surface area contributed by atoms with E-state index in [2.05, 4.69) is 12.6 Å². The lowest BCUT2D eigenvalue weighted by molar-refractivity contribution is -0.118. The fourth-order valence-electron chi connectivity index (χ4n) is 1.52. The van der Waals surface area contributed by atoms with E-state index >= 15 is 0 Å². The molecule has 1 saturated carbocycles. The highest BCUT2D eigenvalue weighted by atomic mass is 32.1. The summed E-state index contributed by atoms with van der Waals surface area (Å²) >= 11 is 3.57. The molecule has 0 saturated heterocycles. The van der Waals surface area contributed by atoms with Crippen LogP contribution in [0, 0.1) is 5.41 Å². The van der Waals surface area contributed by atoms with Crippen molar-refractivity contribution in [3.05, 3.63) is 0 Å². The number of amides is 1. The average Bonchev–Trinajstić information content (AvgIpc) is 2.15. The van der Waals surface area contributed by atoms with E-state index in [4.69, 9.17) is 16.0 Å². The summed E-state index contributed by atoms with van der Waals surface area (Å²) in [6.45, 7) is 0. The van der Waals surface area contributed by atoms with Gasteiger partial charge in [-0.05, 0) is 12.8 Å². The van der Waals surface area contributed by atoms with Gasteiger partial charge in [-0.25, -0.2) is 0 Å². The molecule has 0 unspecified atom stereocenters. The van der Waals surface area contributed by atoms with Crippen molar-refractivity contribution in [1.82, 2.24) is 5.06 Å². The molecule has 0 aromatic carbocycles. The summed E-state index contributed by atoms with van der Waals surface area (Å²) in [4.78, 5) is 16.2. The lowest BCUT2D eigenvalue weighted by atomic mass is 9.98. The molecule has 0 aromatic rings. The summed E-state index contributed by atoms with van der Waals surface area (Å²) in [5.41, 5.74) is 5.17. The number of nitrogens with zero attached hydrogens (tertiary/aromatic N) is 1. The maximum absolute atomic E-state index is 10.9. The minimum absolute atomic E-state index is 0.0104. The van der Waals surface area contributed by atoms with E-state index in [9.17, 15) is 4.79 Å². The van der Waals surface area contributed by atoms with Crippen LogP contribution in [0.1, 0.15) is 32.1 Å². The third-order valence-corrected chi connectivity index (χ3v) is 2.38. The van der Waals surface area contributed by atoms with Gasteiger partial charge in [-0.15, -0.1) is 5.06 Å². The largest absolute Gasteiger partial charge is 0.368 e. The van der Waals surface area contributed by atoms with Gasteiger partial charge in [0.25, 0.3) is 0 Å². The monoisotopic (exact) mass is 217 g/mol. The summed E-state index contributed by atoms with van der Waals surface area (Å²) in [5, 5.41) is 7.19. The van der Waals surface area contributed by atoms with Crippen LogP contribution in [-0.4, -0.2) is 22.4 Å². The third-order valence-electron chi connectivity index (χ3n) is 2.20. The maximum Gasteiger partial charge on any atom is 0.309 e. The number of carbonyl (C=O) groups excluding carboxylic acids is 1. The fourth-order valence-corrected chi connectivity index (χ4v) is 1.68. The number of hydroxylamine groups is 2. The Morgan fingerprint density at radius 3 is 2.43 bits per heavy atom. The topological polar surface area (TPSA) is 79.4 Å². The van der Waals surface area contributed by atoms with Gasteiger partial charge in [0.2, 0.25) is 5.96 Å². The maximum atomic E-state index is 10.9. The van der Waals surface area contributed by atoms with Crippen molar-refractivity contribution in [3.63, 3.8) is 0 Å². The standard InChI is InChI=1S/C8H15N3O2S/c9-7(10)11(8(12)14)13-6-4-2-1-3-5-6/h6H,1-5H2,(H3,9,10)(H,12,14). The molecule has 6 heteroatoms. The van der Waals surface area contributed by atoms with Gasteiger partial charge in [-0.3, -0.25) is 15.0 Å². The number of hydrogen-bond acceptors (Lipinski definition) is 3. The lowest BCUT2D eigenvalue weighted by Gasteiger charge is -2.26. The fraction of sp³-hybridized carbons (Fsp3) is 0.750. The molecular formula is C8H15N3O2S. The Morgan fingerprint density at radius 1 is 1.43 bits per heavy atom. The highest BCUT2D eigenvalue weighted by Crippen LogP contribution is 2.21. The normalized spacial score (nSPS) is 17.8. The van der Waals surface area contributed by atoms with Crippen molar-refractivity contribution >= 4 is 23.8 Å². The zero-order chi connectivity index (χ0) is 10.6. The summed E-state index contributed by atoms with van der Waals surface area (Å²) in [6.07, 6.45) is 5.20. The molecule has 3 N–H and O–H groups in total. The summed E-state index contributed by atoms with van der Waals surface area (Å²) in [6, 6.07) is 0. The summed E-state index contributed by atoms with van der Waals surface area (Å²) < 4.78 is 0. The molecule has 14 heavy (non-hydrogen) atoms. The smallest absolute Gasteiger partial charge is 0.309 e. The summed E-state index contributed by atoms with van der Waals surface area (Å²) in [5.74, 6) is -0.421. The minimum atomic E-state index is -0.650. The molecule has 0 bridgehead atoms. The Balaban J connectivity index is 2.45. The highest BCUT2D eigenvalue weighted by molar-refractivity contribution is 7.96. The quantitative estimate of drug-likeness (QED) is 0.284. The van der Waals surface area contributed by atoms with E-state index in [0.29, 0.717) is 0 Å². The number of nitrogens with two attached hydrogens (primary N) is 1. The summed E-state index contributed by atoms with van der Waals surface area (Å²) in [7, 11) is 0. The first kappa shape index (κ1) is 11.3. The van der Waals surface area contributed by atoms with Crippen LogP contribution in [0.5, 0.6) is 0 Å². The van der Waals surface area contributed by atoms with E-state index in [-0.39, 0.29) is 6.10 Å². The van der Waals surface area contributed by atoms with Crippen LogP contribution in [0.2, 0.25) is 0 Å². The molecule has 80 valence electrons. The number of hydrogen-bond donors (Lipinski definition) is 3. The van der Waals surface area contributed by atoms with Crippen molar-refractivity contribution < 1.29 is 9.63 Å². The van der Waals surface area contributed by atoms with Gasteiger partial charge >= 0.3 is 5.24 Å². The van der Waals surface area contributed by atoms with E-state index in [1.54, 1.807) is 0 Å². The van der Waals surface area contributed by atoms with Crippen LogP contribution >= 0.6 is 12.6 Å². The zero-order valence-corrected chi connectivity index (χ0v) is 8.80. The number of rotatable bonds is 2. The second-order valence-corrected chi connectivity index (χ2v) is 3.71. The molecular weight excluding hydrogens is 202 g/mol. The van der Waals surface area contributed by atoms with Gasteiger partial charge in [0.15, 0.2) is 0 Å². The van der Waals surface area contributed by atoms with Crippen LogP contribution in [-0.2, 0) is 4.84 Å². The molecule has 0 heterocycles.